The summed E-state index contributed by atoms with van der Waals surface area (Å²) in [7, 11) is 0. The number of nitrogens with one attached hydrogen (secondary N) is 1. The minimum atomic E-state index is -5.11. The molecule has 4 aromatic rings. The van der Waals surface area contributed by atoms with Crippen LogP contribution in [0.15, 0.2) is 84.4 Å². The van der Waals surface area contributed by atoms with Crippen molar-refractivity contribution in [2.45, 2.75) is 19.4 Å². The van der Waals surface area contributed by atoms with Crippen LogP contribution < -0.4 is 9.47 Å². The summed E-state index contributed by atoms with van der Waals surface area (Å²) in [6, 6.07) is 13.8. The monoisotopic (exact) mass is 577 g/mol. The van der Waals surface area contributed by atoms with Crippen LogP contribution in [-0.4, -0.2) is 12.6 Å². The van der Waals surface area contributed by atoms with Crippen LogP contribution >= 0.6 is 0 Å². The fourth-order valence-electron chi connectivity index (χ4n) is 3.87. The second kappa shape index (κ2) is 11.4. The Hall–Kier alpha value is -4.67. The highest BCUT2D eigenvalue weighted by atomic mass is 19.4. The average molecular weight is 577 g/mol. The lowest BCUT2D eigenvalue weighted by atomic mass is 9.99. The Kier molecular flexibility index (Phi) is 8.18. The lowest BCUT2D eigenvalue weighted by Crippen LogP contribution is -2.21. The highest BCUT2D eigenvalue weighted by Crippen LogP contribution is 2.36. The Morgan fingerprint density at radius 2 is 1.24 bits per heavy atom. The molecule has 0 aliphatic rings. The maximum Gasteiger partial charge on any atom is 0.573 e. The Morgan fingerprint density at radius 1 is 0.683 bits per heavy atom. The largest absolute Gasteiger partial charge is 0.573 e. The van der Waals surface area contributed by atoms with Crippen molar-refractivity contribution >= 4 is 12.3 Å². The summed E-state index contributed by atoms with van der Waals surface area (Å²) >= 11 is 0. The zero-order valence-corrected chi connectivity index (χ0v) is 21.0. The third kappa shape index (κ3) is 7.10. The lowest BCUT2D eigenvalue weighted by molar-refractivity contribution is -0.275. The molecule has 0 unspecified atom stereocenters. The topological polar surface area (TPSA) is 42.3 Å². The number of alkyl halides is 5. The number of rotatable bonds is 8. The van der Waals surface area contributed by atoms with Crippen LogP contribution in [0.4, 0.5) is 35.1 Å². The summed E-state index contributed by atoms with van der Waals surface area (Å²) < 4.78 is 119. The van der Waals surface area contributed by atoms with E-state index in [0.717, 1.165) is 42.6 Å². The molecular formula is C30H19F8NO2. The molecule has 0 heterocycles. The van der Waals surface area contributed by atoms with Crippen LogP contribution in [0.1, 0.15) is 18.1 Å². The van der Waals surface area contributed by atoms with E-state index in [9.17, 15) is 35.1 Å². The first-order valence-corrected chi connectivity index (χ1v) is 11.8. The maximum absolute atomic E-state index is 14.9. The van der Waals surface area contributed by atoms with Gasteiger partial charge in [0.1, 0.15) is 17.4 Å². The molecule has 4 rings (SSSR count). The van der Waals surface area contributed by atoms with Crippen LogP contribution in [0.25, 0.3) is 28.3 Å². The van der Waals surface area contributed by atoms with Crippen molar-refractivity contribution in [2.75, 3.05) is 0 Å². The molecule has 0 spiro atoms. The van der Waals surface area contributed by atoms with Gasteiger partial charge in [-0.2, -0.15) is 8.78 Å². The van der Waals surface area contributed by atoms with Gasteiger partial charge >= 0.3 is 12.5 Å². The molecule has 4 aromatic carbocycles. The number of allylic oxidation sites excluding steroid dienone is 1. The maximum atomic E-state index is 14.9. The summed E-state index contributed by atoms with van der Waals surface area (Å²) in [5.41, 5.74) is 0.318. The number of halogens is 8. The van der Waals surface area contributed by atoms with E-state index in [4.69, 9.17) is 10.1 Å². The standard InChI is InChI=1S/C30H19F8NO2/c1-17(16-39)12-18-2-6-21(7-3-18)29(34,35)40-22-8-10-24(26(32)15-22)19-4-9-23(25(31)13-19)20-5-11-28(27(33)14-20)41-30(36,37)38/h2-16,39H,1H3/b17-12-,39-16?. The van der Waals surface area contributed by atoms with Crippen molar-refractivity contribution in [1.29, 1.82) is 5.41 Å². The minimum absolute atomic E-state index is 0.0171. The molecule has 0 bridgehead atoms. The molecule has 0 fully saturated rings. The van der Waals surface area contributed by atoms with Crippen molar-refractivity contribution in [3.8, 4) is 33.8 Å². The zero-order chi connectivity index (χ0) is 29.9. The Balaban J connectivity index is 1.53. The first-order chi connectivity index (χ1) is 19.3. The van der Waals surface area contributed by atoms with Crippen LogP contribution in [0.2, 0.25) is 0 Å². The molecule has 1 N–H and O–H groups in total. The van der Waals surface area contributed by atoms with Crippen molar-refractivity contribution in [3.05, 3.63) is 113 Å². The van der Waals surface area contributed by atoms with Gasteiger partial charge in [-0.25, -0.2) is 13.2 Å². The molecule has 11 heteroatoms. The van der Waals surface area contributed by atoms with Gasteiger partial charge in [0.05, 0.1) is 5.56 Å². The van der Waals surface area contributed by atoms with E-state index in [2.05, 4.69) is 4.74 Å². The quantitative estimate of drug-likeness (QED) is 0.167. The molecule has 0 saturated heterocycles. The second-order valence-electron chi connectivity index (χ2n) is 8.80. The molecule has 41 heavy (non-hydrogen) atoms. The number of hydrogen-bond donors (Lipinski definition) is 1. The summed E-state index contributed by atoms with van der Waals surface area (Å²) in [6.07, 6.45) is -6.18. The summed E-state index contributed by atoms with van der Waals surface area (Å²) in [6.45, 7) is 1.68. The van der Waals surface area contributed by atoms with E-state index >= 15 is 0 Å². The lowest BCUT2D eigenvalue weighted by Gasteiger charge is -2.19. The Bertz CT molecular complexity index is 1610. The molecular weight excluding hydrogens is 558 g/mol. The molecule has 0 aliphatic heterocycles. The minimum Gasteiger partial charge on any atom is -0.429 e. The molecule has 212 valence electrons. The van der Waals surface area contributed by atoms with Crippen molar-refractivity contribution in [1.82, 2.24) is 0 Å². The number of ether oxygens (including phenoxy) is 2. The van der Waals surface area contributed by atoms with Gasteiger partial charge in [0.25, 0.3) is 0 Å². The first-order valence-electron chi connectivity index (χ1n) is 11.8. The van der Waals surface area contributed by atoms with E-state index < -0.39 is 47.0 Å². The molecule has 3 nitrogen and oxygen atoms in total. The van der Waals surface area contributed by atoms with Crippen LogP contribution in [0, 0.1) is 22.9 Å². The molecule has 0 aromatic heterocycles. The molecule has 0 saturated carbocycles. The van der Waals surface area contributed by atoms with Crippen LogP contribution in [-0.2, 0) is 6.11 Å². The summed E-state index contributed by atoms with van der Waals surface area (Å²) in [5, 5.41) is 7.18. The molecule has 0 atom stereocenters. The average Bonchev–Trinajstić information content (AvgIpc) is 2.89. The molecule has 0 aliphatic carbocycles. The summed E-state index contributed by atoms with van der Waals surface area (Å²) in [4.78, 5) is 0. The van der Waals surface area contributed by atoms with E-state index in [1.165, 1.54) is 24.3 Å². The summed E-state index contributed by atoms with van der Waals surface area (Å²) in [5.74, 6) is -4.88. The third-order valence-electron chi connectivity index (χ3n) is 5.80. The normalized spacial score (nSPS) is 12.3. The highest BCUT2D eigenvalue weighted by Gasteiger charge is 2.35. The van der Waals surface area contributed by atoms with Gasteiger partial charge < -0.3 is 14.9 Å². The predicted molar refractivity (Wildman–Crippen MR) is 137 cm³/mol. The third-order valence-corrected chi connectivity index (χ3v) is 5.80. The smallest absolute Gasteiger partial charge is 0.429 e. The van der Waals surface area contributed by atoms with Gasteiger partial charge in [0.2, 0.25) is 0 Å². The van der Waals surface area contributed by atoms with Gasteiger partial charge in [-0.05, 0) is 71.7 Å². The highest BCUT2D eigenvalue weighted by molar-refractivity contribution is 5.82. The van der Waals surface area contributed by atoms with E-state index in [0.29, 0.717) is 29.3 Å². The molecule has 0 amide bonds. The van der Waals surface area contributed by atoms with Crippen LogP contribution in [0.3, 0.4) is 0 Å². The fraction of sp³-hybridized carbons (Fsp3) is 0.100. The van der Waals surface area contributed by atoms with Gasteiger partial charge in [0, 0.05) is 23.4 Å². The van der Waals surface area contributed by atoms with Crippen molar-refractivity contribution < 1.29 is 44.6 Å². The SMILES string of the molecule is C/C(C=N)=C/c1ccc(C(F)(F)Oc2ccc(-c3ccc(-c4ccc(OC(F)(F)F)c(F)c4)c(F)c3)c(F)c2)cc1. The second-order valence-corrected chi connectivity index (χ2v) is 8.80. The first kappa shape index (κ1) is 29.3. The van der Waals surface area contributed by atoms with Crippen LogP contribution in [0.5, 0.6) is 11.5 Å². The van der Waals surface area contributed by atoms with Gasteiger partial charge in [-0.3, -0.25) is 0 Å². The van der Waals surface area contributed by atoms with Gasteiger partial charge in [-0.15, -0.1) is 13.2 Å². The molecule has 0 radical (unpaired) electrons. The van der Waals surface area contributed by atoms with Crippen molar-refractivity contribution in [2.24, 2.45) is 0 Å². The van der Waals surface area contributed by atoms with E-state index in [1.807, 2.05) is 0 Å². The number of benzene rings is 4. The van der Waals surface area contributed by atoms with Gasteiger partial charge in [0.15, 0.2) is 11.6 Å². The van der Waals surface area contributed by atoms with E-state index in [1.54, 1.807) is 13.0 Å². The number of hydrogen-bond acceptors (Lipinski definition) is 3. The predicted octanol–water partition coefficient (Wildman–Crippen LogP) is 9.52. The van der Waals surface area contributed by atoms with E-state index in [-0.39, 0.29) is 22.3 Å². The van der Waals surface area contributed by atoms with Crippen molar-refractivity contribution in [3.63, 3.8) is 0 Å². The fourth-order valence-corrected chi connectivity index (χ4v) is 3.87. The van der Waals surface area contributed by atoms with Gasteiger partial charge in [-0.1, -0.05) is 36.4 Å². The zero-order valence-electron chi connectivity index (χ0n) is 21.0. The Morgan fingerprint density at radius 3 is 1.78 bits per heavy atom. The Labute approximate surface area is 228 Å².